The molecule has 0 aliphatic heterocycles. The van der Waals surface area contributed by atoms with E-state index in [4.69, 9.17) is 0 Å². The van der Waals surface area contributed by atoms with Gasteiger partial charge in [0.25, 0.3) is 0 Å². The Morgan fingerprint density at radius 1 is 1.14 bits per heavy atom. The molecule has 1 aromatic rings. The fourth-order valence-corrected chi connectivity index (χ4v) is 3.41. The summed E-state index contributed by atoms with van der Waals surface area (Å²) in [5, 5.41) is 9.51. The quantitative estimate of drug-likeness (QED) is 0.230. The molecule has 5 nitrogen and oxygen atoms in total. The molecule has 1 fully saturated rings. The Morgan fingerprint density at radius 3 is 2.46 bits per heavy atom. The maximum absolute atomic E-state index is 13.5. The molecular formula is C21H34FIN4O. The molecule has 1 aliphatic rings. The van der Waals surface area contributed by atoms with E-state index in [0.29, 0.717) is 25.6 Å². The van der Waals surface area contributed by atoms with E-state index in [9.17, 15) is 9.18 Å². The van der Waals surface area contributed by atoms with Crippen LogP contribution in [-0.4, -0.2) is 38.5 Å². The molecule has 0 bridgehead atoms. The van der Waals surface area contributed by atoms with Crippen molar-refractivity contribution in [2.45, 2.75) is 51.4 Å². The van der Waals surface area contributed by atoms with Crippen LogP contribution in [-0.2, 0) is 10.2 Å². The Hall–Kier alpha value is -1.38. The lowest BCUT2D eigenvalue weighted by atomic mass is 9.84. The van der Waals surface area contributed by atoms with Gasteiger partial charge < -0.3 is 16.0 Å². The normalized spacial score (nSPS) is 15.5. The van der Waals surface area contributed by atoms with Gasteiger partial charge in [-0.1, -0.05) is 45.2 Å². The second-order valence-corrected chi connectivity index (χ2v) is 7.87. The van der Waals surface area contributed by atoms with Crippen molar-refractivity contribution in [2.75, 3.05) is 26.7 Å². The number of halogens is 2. The van der Waals surface area contributed by atoms with E-state index < -0.39 is 0 Å². The van der Waals surface area contributed by atoms with Gasteiger partial charge in [0.05, 0.1) is 0 Å². The van der Waals surface area contributed by atoms with Gasteiger partial charge in [0.2, 0.25) is 5.91 Å². The Bertz CT molecular complexity index is 645. The van der Waals surface area contributed by atoms with Crippen molar-refractivity contribution < 1.29 is 9.18 Å². The van der Waals surface area contributed by atoms with Gasteiger partial charge >= 0.3 is 0 Å². The summed E-state index contributed by atoms with van der Waals surface area (Å²) in [6.07, 6.45) is 5.59. The number of hydrogen-bond acceptors (Lipinski definition) is 2. The molecule has 28 heavy (non-hydrogen) atoms. The molecule has 3 N–H and O–H groups in total. The Kier molecular flexibility index (Phi) is 10.8. The molecule has 1 amide bonds. The minimum Gasteiger partial charge on any atom is -0.356 e. The molecule has 0 aromatic heterocycles. The third-order valence-corrected chi connectivity index (χ3v) is 5.22. The number of carbonyl (C=O) groups excluding carboxylic acids is 1. The standard InChI is InChI=1S/C21H33FN4O.HI/c1-21(2,17-10-7-11-18(22)14-17)15-26-20(23-3)25-13-12-24-19(27)16-8-5-4-6-9-16;/h7,10-11,14,16H,4-6,8-9,12-13,15H2,1-3H3,(H,24,27)(H2,23,25,26);1H. The summed E-state index contributed by atoms with van der Waals surface area (Å²) < 4.78 is 13.5. The summed E-state index contributed by atoms with van der Waals surface area (Å²) in [6.45, 7) is 5.92. The minimum atomic E-state index is -0.241. The highest BCUT2D eigenvalue weighted by atomic mass is 127. The van der Waals surface area contributed by atoms with E-state index in [2.05, 4.69) is 34.8 Å². The van der Waals surface area contributed by atoms with Crippen LogP contribution in [0, 0.1) is 11.7 Å². The molecule has 158 valence electrons. The summed E-state index contributed by atoms with van der Waals surface area (Å²) in [5.74, 6) is 0.804. The van der Waals surface area contributed by atoms with Crippen LogP contribution < -0.4 is 16.0 Å². The van der Waals surface area contributed by atoms with Gasteiger partial charge in [-0.2, -0.15) is 0 Å². The van der Waals surface area contributed by atoms with Crippen LogP contribution in [0.5, 0.6) is 0 Å². The smallest absolute Gasteiger partial charge is 0.223 e. The summed E-state index contributed by atoms with van der Waals surface area (Å²) in [4.78, 5) is 16.4. The average molecular weight is 504 g/mol. The predicted molar refractivity (Wildman–Crippen MR) is 124 cm³/mol. The fourth-order valence-electron chi connectivity index (χ4n) is 3.41. The molecule has 0 heterocycles. The zero-order valence-corrected chi connectivity index (χ0v) is 19.5. The van der Waals surface area contributed by atoms with Crippen LogP contribution >= 0.6 is 24.0 Å². The highest BCUT2D eigenvalue weighted by molar-refractivity contribution is 14.0. The lowest BCUT2D eigenvalue weighted by molar-refractivity contribution is -0.125. The predicted octanol–water partition coefficient (Wildman–Crippen LogP) is 3.58. The molecule has 0 atom stereocenters. The lowest BCUT2D eigenvalue weighted by Crippen LogP contribution is -2.46. The number of rotatable bonds is 7. The summed E-state index contributed by atoms with van der Waals surface area (Å²) in [6, 6.07) is 6.68. The van der Waals surface area contributed by atoms with Gasteiger partial charge in [-0.25, -0.2) is 4.39 Å². The first-order chi connectivity index (χ1) is 12.9. The number of hydrogen-bond donors (Lipinski definition) is 3. The van der Waals surface area contributed by atoms with Gasteiger partial charge in [-0.05, 0) is 30.5 Å². The van der Waals surface area contributed by atoms with Crippen LogP contribution in [0.3, 0.4) is 0 Å². The van der Waals surface area contributed by atoms with E-state index in [-0.39, 0.29) is 47.0 Å². The van der Waals surface area contributed by atoms with Crippen molar-refractivity contribution in [3.05, 3.63) is 35.6 Å². The van der Waals surface area contributed by atoms with Crippen LogP contribution in [0.4, 0.5) is 4.39 Å². The SMILES string of the molecule is CN=C(NCCNC(=O)C1CCCCC1)NCC(C)(C)c1cccc(F)c1.I. The zero-order valence-electron chi connectivity index (χ0n) is 17.2. The number of aliphatic imine (C=N–C) groups is 1. The number of benzene rings is 1. The second kappa shape index (κ2) is 12.2. The zero-order chi connectivity index (χ0) is 19.7. The van der Waals surface area contributed by atoms with Gasteiger partial charge in [0, 0.05) is 38.0 Å². The molecule has 1 aromatic carbocycles. The molecule has 2 rings (SSSR count). The third kappa shape index (κ3) is 7.93. The molecule has 1 saturated carbocycles. The molecule has 0 radical (unpaired) electrons. The minimum absolute atomic E-state index is 0. The number of nitrogens with zero attached hydrogens (tertiary/aromatic N) is 1. The second-order valence-electron chi connectivity index (χ2n) is 7.87. The first kappa shape index (κ1) is 24.7. The first-order valence-corrected chi connectivity index (χ1v) is 9.90. The molecular weight excluding hydrogens is 470 g/mol. The number of guanidine groups is 1. The lowest BCUT2D eigenvalue weighted by Gasteiger charge is -2.27. The molecule has 0 spiro atoms. The topological polar surface area (TPSA) is 65.5 Å². The van der Waals surface area contributed by atoms with Crippen molar-refractivity contribution in [1.29, 1.82) is 0 Å². The maximum atomic E-state index is 13.5. The monoisotopic (exact) mass is 504 g/mol. The van der Waals surface area contributed by atoms with Crippen molar-refractivity contribution in [3.63, 3.8) is 0 Å². The summed E-state index contributed by atoms with van der Waals surface area (Å²) in [5.41, 5.74) is 0.694. The number of amides is 1. The van der Waals surface area contributed by atoms with Crippen LogP contribution in [0.25, 0.3) is 0 Å². The van der Waals surface area contributed by atoms with Gasteiger partial charge in [0.1, 0.15) is 5.82 Å². The van der Waals surface area contributed by atoms with E-state index in [1.54, 1.807) is 19.2 Å². The van der Waals surface area contributed by atoms with E-state index in [1.165, 1.54) is 12.5 Å². The van der Waals surface area contributed by atoms with Gasteiger partial charge in [0.15, 0.2) is 5.96 Å². The molecule has 7 heteroatoms. The number of carbonyl (C=O) groups is 1. The van der Waals surface area contributed by atoms with E-state index >= 15 is 0 Å². The van der Waals surface area contributed by atoms with E-state index in [1.807, 2.05) is 6.07 Å². The highest BCUT2D eigenvalue weighted by Crippen LogP contribution is 2.24. The number of nitrogens with one attached hydrogen (secondary N) is 3. The highest BCUT2D eigenvalue weighted by Gasteiger charge is 2.22. The summed E-state index contributed by atoms with van der Waals surface area (Å²) in [7, 11) is 1.71. The van der Waals surface area contributed by atoms with Crippen LogP contribution in [0.2, 0.25) is 0 Å². The molecule has 0 unspecified atom stereocenters. The Balaban J connectivity index is 0.00000392. The van der Waals surface area contributed by atoms with Crippen molar-refractivity contribution in [2.24, 2.45) is 10.9 Å². The van der Waals surface area contributed by atoms with Crippen molar-refractivity contribution >= 4 is 35.8 Å². The summed E-state index contributed by atoms with van der Waals surface area (Å²) >= 11 is 0. The Labute approximate surface area is 185 Å². The van der Waals surface area contributed by atoms with Crippen LogP contribution in [0.15, 0.2) is 29.3 Å². The Morgan fingerprint density at radius 2 is 1.82 bits per heavy atom. The van der Waals surface area contributed by atoms with Crippen molar-refractivity contribution in [1.82, 2.24) is 16.0 Å². The largest absolute Gasteiger partial charge is 0.356 e. The molecule has 1 aliphatic carbocycles. The van der Waals surface area contributed by atoms with Gasteiger partial charge in [-0.15, -0.1) is 24.0 Å². The molecule has 0 saturated heterocycles. The maximum Gasteiger partial charge on any atom is 0.223 e. The van der Waals surface area contributed by atoms with Gasteiger partial charge in [-0.3, -0.25) is 9.79 Å². The van der Waals surface area contributed by atoms with Crippen LogP contribution in [0.1, 0.15) is 51.5 Å². The first-order valence-electron chi connectivity index (χ1n) is 9.90. The van der Waals surface area contributed by atoms with E-state index in [0.717, 1.165) is 31.2 Å². The van der Waals surface area contributed by atoms with Crippen molar-refractivity contribution in [3.8, 4) is 0 Å². The average Bonchev–Trinajstić information content (AvgIpc) is 2.68. The third-order valence-electron chi connectivity index (χ3n) is 5.22. The fraction of sp³-hybridized carbons (Fsp3) is 0.619.